The van der Waals surface area contributed by atoms with Gasteiger partial charge in [-0.05, 0) is 26.7 Å². The maximum Gasteiger partial charge on any atom is 0.343 e. The third kappa shape index (κ3) is 4.27. The van der Waals surface area contributed by atoms with Crippen LogP contribution in [-0.4, -0.2) is 20.5 Å². The first kappa shape index (κ1) is 13.8. The van der Waals surface area contributed by atoms with Gasteiger partial charge in [0.1, 0.15) is 0 Å². The smallest absolute Gasteiger partial charge is 0.273 e. The lowest BCUT2D eigenvalue weighted by molar-refractivity contribution is 0.433. The van der Waals surface area contributed by atoms with Gasteiger partial charge in [0, 0.05) is 12.8 Å². The number of nitrogens with zero attached hydrogens (tertiary/aromatic N) is 3. The van der Waals surface area contributed by atoms with Crippen molar-refractivity contribution < 1.29 is 0 Å². The van der Waals surface area contributed by atoms with Gasteiger partial charge in [0.2, 0.25) is 0 Å². The summed E-state index contributed by atoms with van der Waals surface area (Å²) < 4.78 is 1.50. The van der Waals surface area contributed by atoms with Gasteiger partial charge in [-0.2, -0.15) is 5.26 Å². The highest BCUT2D eigenvalue weighted by molar-refractivity contribution is 7.99. The summed E-state index contributed by atoms with van der Waals surface area (Å²) in [6, 6.07) is 2.29. The predicted molar refractivity (Wildman–Crippen MR) is 67.8 cm³/mol. The zero-order valence-corrected chi connectivity index (χ0v) is 11.3. The number of H-pyrrole nitrogens is 1. The number of hydrogen-bond donors (Lipinski definition) is 1. The normalized spacial score (nSPS) is 11.4. The van der Waals surface area contributed by atoms with Gasteiger partial charge in [0.25, 0.3) is 0 Å². The Hall–Kier alpha value is -1.22. The second-order valence-corrected chi connectivity index (χ2v) is 5.73. The highest BCUT2D eigenvalue weighted by atomic mass is 32.2. The topological polar surface area (TPSA) is 74.5 Å². The summed E-state index contributed by atoms with van der Waals surface area (Å²) in [4.78, 5) is 11.1. The lowest BCUT2D eigenvalue weighted by Crippen LogP contribution is -2.13. The Bertz CT molecular complexity index is 455. The predicted octanol–water partition coefficient (Wildman–Crippen LogP) is 1.92. The molecule has 1 aromatic rings. The van der Waals surface area contributed by atoms with Crippen LogP contribution < -0.4 is 5.69 Å². The van der Waals surface area contributed by atoms with E-state index >= 15 is 0 Å². The molecule has 0 fully saturated rings. The molecule has 0 radical (unpaired) electrons. The molecule has 0 bridgehead atoms. The first-order chi connectivity index (χ1) is 7.96. The van der Waals surface area contributed by atoms with Crippen LogP contribution in [0, 0.1) is 16.7 Å². The molecule has 0 aromatic carbocycles. The van der Waals surface area contributed by atoms with E-state index in [1.54, 1.807) is 18.8 Å². The minimum atomic E-state index is -0.232. The Morgan fingerprint density at radius 3 is 2.76 bits per heavy atom. The second-order valence-electron chi connectivity index (χ2n) is 4.67. The molecule has 1 heterocycles. The molecule has 0 amide bonds. The third-order valence-corrected chi connectivity index (χ3v) is 3.68. The van der Waals surface area contributed by atoms with Crippen molar-refractivity contribution in [1.29, 1.82) is 5.26 Å². The molecule has 6 heteroatoms. The van der Waals surface area contributed by atoms with Crippen LogP contribution in [0.2, 0.25) is 0 Å². The number of unbranched alkanes of at least 4 members (excludes halogenated alkanes) is 1. The van der Waals surface area contributed by atoms with Crippen LogP contribution in [0.1, 0.15) is 33.1 Å². The molecule has 0 saturated heterocycles. The molecular weight excluding hydrogens is 236 g/mol. The van der Waals surface area contributed by atoms with Crippen LogP contribution in [0.4, 0.5) is 0 Å². The van der Waals surface area contributed by atoms with Crippen molar-refractivity contribution in [2.24, 2.45) is 12.5 Å². The maximum atomic E-state index is 11.1. The molecule has 1 N–H and O–H groups in total. The molecule has 0 saturated carbocycles. The number of rotatable bonds is 6. The van der Waals surface area contributed by atoms with E-state index in [0.29, 0.717) is 0 Å². The summed E-state index contributed by atoms with van der Waals surface area (Å²) in [6.07, 6.45) is 2.95. The van der Waals surface area contributed by atoms with Crippen LogP contribution in [0.3, 0.4) is 0 Å². The SMILES string of the molecule is Cn1c(SCCCCC(C)(C)C#N)n[nH]c1=O. The van der Waals surface area contributed by atoms with Crippen molar-refractivity contribution in [1.82, 2.24) is 14.8 Å². The van der Waals surface area contributed by atoms with Crippen LogP contribution in [0.5, 0.6) is 0 Å². The van der Waals surface area contributed by atoms with Crippen molar-refractivity contribution in [3.05, 3.63) is 10.5 Å². The molecule has 17 heavy (non-hydrogen) atoms. The third-order valence-electron chi connectivity index (χ3n) is 2.57. The van der Waals surface area contributed by atoms with Crippen LogP contribution in [0.25, 0.3) is 0 Å². The van der Waals surface area contributed by atoms with E-state index in [1.165, 1.54) is 4.57 Å². The van der Waals surface area contributed by atoms with E-state index in [2.05, 4.69) is 16.3 Å². The van der Waals surface area contributed by atoms with E-state index in [9.17, 15) is 4.79 Å². The van der Waals surface area contributed by atoms with Crippen LogP contribution in [0.15, 0.2) is 9.95 Å². The van der Waals surface area contributed by atoms with Gasteiger partial charge >= 0.3 is 5.69 Å². The van der Waals surface area contributed by atoms with Gasteiger partial charge in [-0.15, -0.1) is 5.10 Å². The summed E-state index contributed by atoms with van der Waals surface area (Å²) in [6.45, 7) is 3.91. The summed E-state index contributed by atoms with van der Waals surface area (Å²) >= 11 is 1.56. The Morgan fingerprint density at radius 2 is 2.24 bits per heavy atom. The van der Waals surface area contributed by atoms with E-state index in [1.807, 2.05) is 13.8 Å². The van der Waals surface area contributed by atoms with Gasteiger partial charge in [0.05, 0.1) is 11.5 Å². The Kier molecular flexibility index (Phi) is 4.82. The molecule has 0 spiro atoms. The molecule has 5 nitrogen and oxygen atoms in total. The molecule has 0 unspecified atom stereocenters. The first-order valence-corrected chi connectivity index (χ1v) is 6.60. The molecule has 0 atom stereocenters. The van der Waals surface area contributed by atoms with E-state index in [4.69, 9.17) is 5.26 Å². The van der Waals surface area contributed by atoms with Crippen molar-refractivity contribution in [3.8, 4) is 6.07 Å². The minimum absolute atomic E-state index is 0.182. The van der Waals surface area contributed by atoms with E-state index in [0.717, 1.165) is 30.2 Å². The van der Waals surface area contributed by atoms with Crippen molar-refractivity contribution in [2.75, 3.05) is 5.75 Å². The summed E-state index contributed by atoms with van der Waals surface area (Å²) in [5.41, 5.74) is -0.415. The largest absolute Gasteiger partial charge is 0.343 e. The highest BCUT2D eigenvalue weighted by Crippen LogP contribution is 2.23. The summed E-state index contributed by atoms with van der Waals surface area (Å²) in [7, 11) is 1.70. The minimum Gasteiger partial charge on any atom is -0.273 e. The van der Waals surface area contributed by atoms with Gasteiger partial charge in [-0.1, -0.05) is 18.2 Å². The average molecular weight is 254 g/mol. The molecule has 1 aromatic heterocycles. The number of hydrogen-bond acceptors (Lipinski definition) is 4. The standard InChI is InChI=1S/C11H18N4OS/c1-11(2,8-12)6-4-5-7-17-10-14-13-9(16)15(10)3/h4-7H2,1-3H3,(H,13,16). The van der Waals surface area contributed by atoms with Crippen molar-refractivity contribution in [3.63, 3.8) is 0 Å². The highest BCUT2D eigenvalue weighted by Gasteiger charge is 2.15. The second kappa shape index (κ2) is 5.92. The fourth-order valence-electron chi connectivity index (χ4n) is 1.35. The average Bonchev–Trinajstić information content (AvgIpc) is 2.60. The van der Waals surface area contributed by atoms with Gasteiger partial charge in [0.15, 0.2) is 5.16 Å². The van der Waals surface area contributed by atoms with Crippen LogP contribution >= 0.6 is 11.8 Å². The number of aromatic amines is 1. The number of nitriles is 1. The maximum absolute atomic E-state index is 11.1. The number of nitrogens with one attached hydrogen (secondary N) is 1. The number of thioether (sulfide) groups is 1. The molecule has 0 aliphatic carbocycles. The zero-order valence-electron chi connectivity index (χ0n) is 10.5. The fraction of sp³-hybridized carbons (Fsp3) is 0.727. The monoisotopic (exact) mass is 254 g/mol. The van der Waals surface area contributed by atoms with Gasteiger partial charge in [-0.3, -0.25) is 4.57 Å². The molecule has 0 aliphatic heterocycles. The van der Waals surface area contributed by atoms with Crippen molar-refractivity contribution >= 4 is 11.8 Å². The quantitative estimate of drug-likeness (QED) is 0.621. The van der Waals surface area contributed by atoms with Crippen LogP contribution in [-0.2, 0) is 7.05 Å². The lowest BCUT2D eigenvalue weighted by atomic mass is 9.89. The Balaban J connectivity index is 2.24. The first-order valence-electron chi connectivity index (χ1n) is 5.62. The molecule has 1 rings (SSSR count). The zero-order chi connectivity index (χ0) is 12.9. The number of aromatic nitrogens is 3. The van der Waals surface area contributed by atoms with Gasteiger partial charge in [-0.25, -0.2) is 9.89 Å². The van der Waals surface area contributed by atoms with Crippen molar-refractivity contribution in [2.45, 2.75) is 38.3 Å². The van der Waals surface area contributed by atoms with E-state index in [-0.39, 0.29) is 11.1 Å². The lowest BCUT2D eigenvalue weighted by Gasteiger charge is -2.13. The molecular formula is C11H18N4OS. The molecule has 0 aliphatic rings. The summed E-state index contributed by atoms with van der Waals surface area (Å²) in [5, 5.41) is 15.9. The fourth-order valence-corrected chi connectivity index (χ4v) is 2.27. The van der Waals surface area contributed by atoms with Gasteiger partial charge < -0.3 is 0 Å². The van der Waals surface area contributed by atoms with E-state index < -0.39 is 0 Å². The summed E-state index contributed by atoms with van der Waals surface area (Å²) in [5.74, 6) is 0.916. The molecule has 94 valence electrons. The Morgan fingerprint density at radius 1 is 1.53 bits per heavy atom. The Labute approximate surface area is 105 Å².